The van der Waals surface area contributed by atoms with Gasteiger partial charge in [-0.2, -0.15) is 0 Å². The van der Waals surface area contributed by atoms with Crippen LogP contribution in [0.5, 0.6) is 0 Å². The number of nitrogens with zero attached hydrogens (tertiary/aromatic N) is 1. The van der Waals surface area contributed by atoms with Crippen molar-refractivity contribution in [1.29, 1.82) is 0 Å². The van der Waals surface area contributed by atoms with Crippen molar-refractivity contribution in [2.45, 2.75) is 25.9 Å². The molecule has 1 aliphatic heterocycles. The lowest BCUT2D eigenvalue weighted by atomic mass is 10.0. The minimum atomic E-state index is -1.02. The summed E-state index contributed by atoms with van der Waals surface area (Å²) in [5, 5.41) is 3.24. The number of halogens is 1. The Kier molecular flexibility index (Phi) is 3.68. The van der Waals surface area contributed by atoms with Gasteiger partial charge in [-0.25, -0.2) is 4.39 Å². The van der Waals surface area contributed by atoms with Crippen molar-refractivity contribution in [1.82, 2.24) is 10.2 Å². The largest absolute Gasteiger partial charge is 0.316 e. The number of hydrogen-bond donors (Lipinski definition) is 1. The SMILES string of the molecule is CN(CCC(C)(C)F)CC1CNC1. The molecular weight excluding hydrogens is 167 g/mol. The maximum absolute atomic E-state index is 13.1. The minimum Gasteiger partial charge on any atom is -0.316 e. The normalized spacial score (nSPS) is 19.2. The lowest BCUT2D eigenvalue weighted by molar-refractivity contribution is 0.155. The Bertz CT molecular complexity index is 149. The highest BCUT2D eigenvalue weighted by Crippen LogP contribution is 2.14. The molecule has 0 atom stereocenters. The van der Waals surface area contributed by atoms with Crippen molar-refractivity contribution in [3.8, 4) is 0 Å². The third-order valence-electron chi connectivity index (χ3n) is 2.52. The van der Waals surface area contributed by atoms with Crippen LogP contribution in [0, 0.1) is 5.92 Å². The van der Waals surface area contributed by atoms with Crippen molar-refractivity contribution in [3.05, 3.63) is 0 Å². The van der Waals surface area contributed by atoms with Gasteiger partial charge in [0, 0.05) is 26.2 Å². The van der Waals surface area contributed by atoms with E-state index in [4.69, 9.17) is 0 Å². The molecule has 0 aromatic rings. The Labute approximate surface area is 80.5 Å². The van der Waals surface area contributed by atoms with E-state index in [2.05, 4.69) is 17.3 Å². The molecule has 1 N–H and O–H groups in total. The zero-order chi connectivity index (χ0) is 9.90. The summed E-state index contributed by atoms with van der Waals surface area (Å²) in [5.74, 6) is 0.785. The number of rotatable bonds is 5. The van der Waals surface area contributed by atoms with Gasteiger partial charge in [0.05, 0.1) is 0 Å². The highest BCUT2D eigenvalue weighted by Gasteiger charge is 2.20. The minimum absolute atomic E-state index is 0.629. The van der Waals surface area contributed by atoms with Crippen LogP contribution >= 0.6 is 0 Å². The second-order valence-electron chi connectivity index (χ2n) is 4.76. The Morgan fingerprint density at radius 1 is 1.46 bits per heavy atom. The molecule has 0 amide bonds. The van der Waals surface area contributed by atoms with Crippen LogP contribution in [0.15, 0.2) is 0 Å². The third-order valence-corrected chi connectivity index (χ3v) is 2.52. The molecule has 0 aliphatic carbocycles. The fraction of sp³-hybridized carbons (Fsp3) is 1.00. The van der Waals surface area contributed by atoms with Gasteiger partial charge in [0.25, 0.3) is 0 Å². The standard InChI is InChI=1S/C10H21FN2/c1-10(2,11)4-5-13(3)8-9-6-12-7-9/h9,12H,4-8H2,1-3H3. The molecule has 1 aliphatic rings. The van der Waals surface area contributed by atoms with Gasteiger partial charge in [-0.15, -0.1) is 0 Å². The second-order valence-corrected chi connectivity index (χ2v) is 4.76. The monoisotopic (exact) mass is 188 g/mol. The topological polar surface area (TPSA) is 15.3 Å². The Hall–Kier alpha value is -0.150. The highest BCUT2D eigenvalue weighted by molar-refractivity contribution is 4.78. The molecule has 1 rings (SSSR count). The van der Waals surface area contributed by atoms with Gasteiger partial charge in [-0.1, -0.05) is 0 Å². The molecule has 13 heavy (non-hydrogen) atoms. The van der Waals surface area contributed by atoms with Gasteiger partial charge >= 0.3 is 0 Å². The Balaban J connectivity index is 2.06. The fourth-order valence-corrected chi connectivity index (χ4v) is 1.47. The van der Waals surface area contributed by atoms with Crippen LogP contribution in [0.2, 0.25) is 0 Å². The first kappa shape index (κ1) is 10.9. The number of alkyl halides is 1. The maximum atomic E-state index is 13.1. The molecule has 0 radical (unpaired) electrons. The third kappa shape index (κ3) is 4.58. The van der Waals surface area contributed by atoms with E-state index in [-0.39, 0.29) is 0 Å². The Morgan fingerprint density at radius 2 is 2.08 bits per heavy atom. The van der Waals surface area contributed by atoms with Crippen LogP contribution in [0.25, 0.3) is 0 Å². The number of hydrogen-bond acceptors (Lipinski definition) is 2. The Morgan fingerprint density at radius 3 is 2.46 bits per heavy atom. The van der Waals surface area contributed by atoms with Crippen LogP contribution in [0.3, 0.4) is 0 Å². The number of nitrogens with one attached hydrogen (secondary N) is 1. The summed E-state index contributed by atoms with van der Waals surface area (Å²) >= 11 is 0. The molecule has 1 saturated heterocycles. The molecule has 0 aromatic heterocycles. The first-order valence-corrected chi connectivity index (χ1v) is 5.05. The second kappa shape index (κ2) is 4.38. The van der Waals surface area contributed by atoms with E-state index < -0.39 is 5.67 Å². The first-order valence-electron chi connectivity index (χ1n) is 5.05. The molecule has 1 fully saturated rings. The van der Waals surface area contributed by atoms with E-state index in [9.17, 15) is 4.39 Å². The first-order chi connectivity index (χ1) is 5.97. The van der Waals surface area contributed by atoms with Gasteiger partial charge in [-0.3, -0.25) is 0 Å². The smallest absolute Gasteiger partial charge is 0.106 e. The summed E-state index contributed by atoms with van der Waals surface area (Å²) in [4.78, 5) is 2.23. The molecule has 78 valence electrons. The van der Waals surface area contributed by atoms with Gasteiger partial charge in [0.1, 0.15) is 5.67 Å². The molecular formula is C10H21FN2. The van der Waals surface area contributed by atoms with Gasteiger partial charge in [-0.05, 0) is 33.2 Å². The molecule has 1 heterocycles. The average Bonchev–Trinajstić information content (AvgIpc) is 1.91. The van der Waals surface area contributed by atoms with Crippen LogP contribution < -0.4 is 5.32 Å². The van der Waals surface area contributed by atoms with Crippen LogP contribution in [-0.4, -0.2) is 43.8 Å². The lowest BCUT2D eigenvalue weighted by Crippen LogP contribution is -2.47. The molecule has 2 nitrogen and oxygen atoms in total. The van der Waals surface area contributed by atoms with Crippen LogP contribution in [0.4, 0.5) is 4.39 Å². The van der Waals surface area contributed by atoms with Gasteiger partial charge in [0.2, 0.25) is 0 Å². The van der Waals surface area contributed by atoms with Crippen molar-refractivity contribution in [3.63, 3.8) is 0 Å². The fourth-order valence-electron chi connectivity index (χ4n) is 1.47. The lowest BCUT2D eigenvalue weighted by Gasteiger charge is -2.31. The quantitative estimate of drug-likeness (QED) is 0.699. The van der Waals surface area contributed by atoms with E-state index in [1.54, 1.807) is 13.8 Å². The molecule has 0 aromatic carbocycles. The molecule has 3 heteroatoms. The molecule has 0 unspecified atom stereocenters. The van der Waals surface area contributed by atoms with Crippen molar-refractivity contribution >= 4 is 0 Å². The predicted molar refractivity (Wildman–Crippen MR) is 53.7 cm³/mol. The van der Waals surface area contributed by atoms with Gasteiger partial charge < -0.3 is 10.2 Å². The van der Waals surface area contributed by atoms with Crippen molar-refractivity contribution < 1.29 is 4.39 Å². The summed E-state index contributed by atoms with van der Waals surface area (Å²) < 4.78 is 13.1. The van der Waals surface area contributed by atoms with Gasteiger partial charge in [0.15, 0.2) is 0 Å². The highest BCUT2D eigenvalue weighted by atomic mass is 19.1. The zero-order valence-electron chi connectivity index (χ0n) is 8.94. The van der Waals surface area contributed by atoms with E-state index >= 15 is 0 Å². The van der Waals surface area contributed by atoms with Crippen molar-refractivity contribution in [2.75, 3.05) is 33.2 Å². The van der Waals surface area contributed by atoms with E-state index in [1.165, 1.54) is 0 Å². The van der Waals surface area contributed by atoms with E-state index in [0.717, 1.165) is 32.1 Å². The summed E-state index contributed by atoms with van der Waals surface area (Å²) in [5.41, 5.74) is -1.02. The van der Waals surface area contributed by atoms with E-state index in [0.29, 0.717) is 6.42 Å². The van der Waals surface area contributed by atoms with Crippen molar-refractivity contribution in [2.24, 2.45) is 5.92 Å². The molecule has 0 spiro atoms. The summed E-state index contributed by atoms with van der Waals surface area (Å²) in [6.45, 7) is 7.51. The molecule has 0 bridgehead atoms. The summed E-state index contributed by atoms with van der Waals surface area (Å²) in [6.07, 6.45) is 0.629. The average molecular weight is 188 g/mol. The predicted octanol–water partition coefficient (Wildman–Crippen LogP) is 1.28. The van der Waals surface area contributed by atoms with Crippen LogP contribution in [0.1, 0.15) is 20.3 Å². The summed E-state index contributed by atoms with van der Waals surface area (Å²) in [6, 6.07) is 0. The zero-order valence-corrected chi connectivity index (χ0v) is 8.94. The van der Waals surface area contributed by atoms with E-state index in [1.807, 2.05) is 0 Å². The van der Waals surface area contributed by atoms with Crippen LogP contribution in [-0.2, 0) is 0 Å². The summed E-state index contributed by atoms with van der Waals surface area (Å²) in [7, 11) is 2.07. The molecule has 0 saturated carbocycles. The maximum Gasteiger partial charge on any atom is 0.106 e.